The lowest BCUT2D eigenvalue weighted by Gasteiger charge is -2.31. The van der Waals surface area contributed by atoms with Crippen LogP contribution < -0.4 is 16.6 Å². The van der Waals surface area contributed by atoms with E-state index in [1.807, 2.05) is 20.2 Å². The maximum Gasteiger partial charge on any atom is 0.269 e. The minimum atomic E-state index is -0.711. The van der Waals surface area contributed by atoms with Crippen LogP contribution in [-0.4, -0.2) is 37.4 Å². The number of carbonyl (C=O) groups is 2. The Morgan fingerprint density at radius 1 is 0.971 bits per heavy atom. The highest BCUT2D eigenvalue weighted by Crippen LogP contribution is 2.45. The molecule has 3 aromatic carbocycles. The number of hydrogen-bond acceptors (Lipinski definition) is 5. The molecular formula is C27H29FN4O3. The molecule has 1 unspecified atom stereocenters. The molecule has 0 radical (unpaired) electrons. The van der Waals surface area contributed by atoms with E-state index in [4.69, 9.17) is 10.5 Å². The molecule has 182 valence electrons. The Morgan fingerprint density at radius 2 is 1.60 bits per heavy atom. The van der Waals surface area contributed by atoms with E-state index >= 15 is 0 Å². The average molecular weight is 477 g/mol. The second-order valence-corrected chi connectivity index (χ2v) is 8.93. The van der Waals surface area contributed by atoms with Crippen molar-refractivity contribution in [3.63, 3.8) is 0 Å². The Morgan fingerprint density at radius 3 is 2.26 bits per heavy atom. The van der Waals surface area contributed by atoms with E-state index in [0.717, 1.165) is 29.7 Å². The van der Waals surface area contributed by atoms with Gasteiger partial charge >= 0.3 is 0 Å². The maximum absolute atomic E-state index is 13.6. The molecule has 0 aliphatic carbocycles. The number of fused-ring (bicyclic) bond motifs is 1. The van der Waals surface area contributed by atoms with Crippen LogP contribution >= 0.6 is 0 Å². The topological polar surface area (TPSA) is 96.7 Å². The van der Waals surface area contributed by atoms with Gasteiger partial charge in [0.2, 0.25) is 0 Å². The fourth-order valence-corrected chi connectivity index (χ4v) is 4.37. The van der Waals surface area contributed by atoms with Gasteiger partial charge in [-0.15, -0.1) is 0 Å². The Balaban J connectivity index is 1.53. The zero-order valence-corrected chi connectivity index (χ0v) is 19.8. The van der Waals surface area contributed by atoms with Gasteiger partial charge in [-0.05, 0) is 98.7 Å². The first kappa shape index (κ1) is 24.4. The van der Waals surface area contributed by atoms with Gasteiger partial charge in [-0.3, -0.25) is 20.4 Å². The number of hydrazine groups is 1. The van der Waals surface area contributed by atoms with Crippen LogP contribution in [0, 0.1) is 5.82 Å². The van der Waals surface area contributed by atoms with Crippen molar-refractivity contribution in [1.29, 1.82) is 0 Å². The number of anilines is 1. The molecule has 0 saturated heterocycles. The molecule has 3 aromatic rings. The minimum Gasteiger partial charge on any atom is -0.399 e. The van der Waals surface area contributed by atoms with Crippen LogP contribution in [-0.2, 0) is 16.9 Å². The van der Waals surface area contributed by atoms with Crippen LogP contribution in [0.2, 0.25) is 0 Å². The first-order valence-electron chi connectivity index (χ1n) is 11.4. The normalized spacial score (nSPS) is 16.7. The summed E-state index contributed by atoms with van der Waals surface area (Å²) in [5, 5.41) is 0. The zero-order chi connectivity index (χ0) is 25.0. The first-order valence-corrected chi connectivity index (χ1v) is 11.4. The van der Waals surface area contributed by atoms with Crippen molar-refractivity contribution < 1.29 is 18.7 Å². The Hall–Kier alpha value is -3.75. The molecule has 1 atom stereocenters. The number of nitrogen functional groups attached to an aromatic ring is 1. The number of benzene rings is 3. The molecule has 0 spiro atoms. The lowest BCUT2D eigenvalue weighted by Crippen LogP contribution is -2.41. The van der Waals surface area contributed by atoms with Crippen LogP contribution in [0.25, 0.3) is 0 Å². The molecule has 0 fully saturated rings. The van der Waals surface area contributed by atoms with E-state index in [-0.39, 0.29) is 5.82 Å². The van der Waals surface area contributed by atoms with Crippen LogP contribution in [0.3, 0.4) is 0 Å². The van der Waals surface area contributed by atoms with E-state index in [9.17, 15) is 14.0 Å². The average Bonchev–Trinajstić information content (AvgIpc) is 3.21. The molecule has 1 aliphatic rings. The van der Waals surface area contributed by atoms with Crippen molar-refractivity contribution in [1.82, 2.24) is 15.8 Å². The van der Waals surface area contributed by atoms with Crippen molar-refractivity contribution in [3.05, 3.63) is 100 Å². The summed E-state index contributed by atoms with van der Waals surface area (Å²) in [6, 6.07) is 18.2. The van der Waals surface area contributed by atoms with Crippen molar-refractivity contribution in [2.24, 2.45) is 0 Å². The summed E-state index contributed by atoms with van der Waals surface area (Å²) in [6.45, 7) is 1.21. The number of nitrogens with zero attached hydrogens (tertiary/aromatic N) is 1. The predicted octanol–water partition coefficient (Wildman–Crippen LogP) is 3.60. The van der Waals surface area contributed by atoms with Crippen molar-refractivity contribution in [2.75, 3.05) is 26.4 Å². The fourth-order valence-electron chi connectivity index (χ4n) is 4.37. The van der Waals surface area contributed by atoms with Crippen molar-refractivity contribution >= 4 is 17.5 Å². The Bertz CT molecular complexity index is 1210. The summed E-state index contributed by atoms with van der Waals surface area (Å²) < 4.78 is 20.0. The number of carbonyl (C=O) groups excluding carboxylic acids is 2. The Labute approximate surface area is 204 Å². The Kier molecular flexibility index (Phi) is 7.14. The number of rotatable bonds is 7. The molecule has 0 aromatic heterocycles. The molecule has 1 heterocycles. The molecule has 2 amide bonds. The molecule has 7 nitrogen and oxygen atoms in total. The first-order chi connectivity index (χ1) is 16.8. The van der Waals surface area contributed by atoms with Crippen molar-refractivity contribution in [3.8, 4) is 0 Å². The van der Waals surface area contributed by atoms with E-state index in [0.29, 0.717) is 29.8 Å². The number of nitrogens with one attached hydrogen (secondary N) is 2. The second kappa shape index (κ2) is 10.2. The van der Waals surface area contributed by atoms with Gasteiger partial charge < -0.3 is 15.4 Å². The van der Waals surface area contributed by atoms with Crippen LogP contribution in [0.15, 0.2) is 66.7 Å². The number of ether oxygens (including phenoxy) is 1. The van der Waals surface area contributed by atoms with E-state index < -0.39 is 17.4 Å². The van der Waals surface area contributed by atoms with Crippen molar-refractivity contribution in [2.45, 2.75) is 25.0 Å². The molecule has 8 heteroatoms. The van der Waals surface area contributed by atoms with Crippen LogP contribution in [0.4, 0.5) is 10.1 Å². The molecular weight excluding hydrogens is 447 g/mol. The number of amides is 2. The number of hydrogen-bond donors (Lipinski definition) is 3. The minimum absolute atomic E-state index is 0.302. The summed E-state index contributed by atoms with van der Waals surface area (Å²) >= 11 is 0. The predicted molar refractivity (Wildman–Crippen MR) is 132 cm³/mol. The third kappa shape index (κ3) is 5.34. The monoisotopic (exact) mass is 476 g/mol. The van der Waals surface area contributed by atoms with Gasteiger partial charge in [0.25, 0.3) is 11.8 Å². The summed E-state index contributed by atoms with van der Waals surface area (Å²) in [5.41, 5.74) is 13.8. The molecule has 4 rings (SSSR count). The summed E-state index contributed by atoms with van der Waals surface area (Å²) in [4.78, 5) is 27.1. The largest absolute Gasteiger partial charge is 0.399 e. The summed E-state index contributed by atoms with van der Waals surface area (Å²) in [5.74, 6) is -1.19. The van der Waals surface area contributed by atoms with Crippen LogP contribution in [0.1, 0.15) is 50.2 Å². The molecule has 0 saturated carbocycles. The van der Waals surface area contributed by atoms with E-state index in [2.05, 4.69) is 15.8 Å². The second-order valence-electron chi connectivity index (χ2n) is 8.93. The van der Waals surface area contributed by atoms with E-state index in [1.54, 1.807) is 48.5 Å². The molecule has 35 heavy (non-hydrogen) atoms. The SMILES string of the molecule is CN(C)CCCC1(c2ccc(F)cc2)OCc2cc(C(=O)NNC(=O)c3ccc(N)cc3)ccc21. The lowest BCUT2D eigenvalue weighted by molar-refractivity contribution is -0.0140. The van der Waals surface area contributed by atoms with Gasteiger partial charge in [-0.2, -0.15) is 0 Å². The smallest absolute Gasteiger partial charge is 0.269 e. The quantitative estimate of drug-likeness (QED) is 0.358. The third-order valence-electron chi connectivity index (χ3n) is 6.18. The molecule has 0 bridgehead atoms. The lowest BCUT2D eigenvalue weighted by atomic mass is 9.81. The maximum atomic E-state index is 13.6. The third-order valence-corrected chi connectivity index (χ3v) is 6.18. The number of halogens is 1. The summed E-state index contributed by atoms with van der Waals surface area (Å²) in [6.07, 6.45) is 1.59. The standard InChI is InChI=1S/C27H29FN4O3/c1-32(2)15-3-14-27(21-7-9-22(28)10-8-21)24-13-6-19(16-20(24)17-35-27)26(34)31-30-25(33)18-4-11-23(29)12-5-18/h4-13,16H,3,14-15,17,29H2,1-2H3,(H,30,33)(H,31,34). The van der Waals surface area contributed by atoms with Gasteiger partial charge in [0.15, 0.2) is 0 Å². The highest BCUT2D eigenvalue weighted by molar-refractivity contribution is 5.99. The van der Waals surface area contributed by atoms with Gasteiger partial charge in [0.05, 0.1) is 6.61 Å². The zero-order valence-electron chi connectivity index (χ0n) is 19.8. The number of nitrogens with two attached hydrogens (primary N) is 1. The van der Waals surface area contributed by atoms with Gasteiger partial charge in [0, 0.05) is 16.8 Å². The van der Waals surface area contributed by atoms with Gasteiger partial charge in [0.1, 0.15) is 11.4 Å². The molecule has 4 N–H and O–H groups in total. The van der Waals surface area contributed by atoms with Gasteiger partial charge in [-0.25, -0.2) is 4.39 Å². The van der Waals surface area contributed by atoms with E-state index in [1.165, 1.54) is 12.1 Å². The highest BCUT2D eigenvalue weighted by Gasteiger charge is 2.41. The summed E-state index contributed by atoms with van der Waals surface area (Å²) in [7, 11) is 4.04. The van der Waals surface area contributed by atoms with Crippen LogP contribution in [0.5, 0.6) is 0 Å². The highest BCUT2D eigenvalue weighted by atomic mass is 19.1. The van der Waals surface area contributed by atoms with Gasteiger partial charge in [-0.1, -0.05) is 18.2 Å². The fraction of sp³-hybridized carbons (Fsp3) is 0.259. The molecule has 1 aliphatic heterocycles.